The Morgan fingerprint density at radius 2 is 2.14 bits per heavy atom. The summed E-state index contributed by atoms with van der Waals surface area (Å²) < 4.78 is 10.2. The van der Waals surface area contributed by atoms with Gasteiger partial charge in [-0.25, -0.2) is 4.79 Å². The Labute approximate surface area is 137 Å². The highest BCUT2D eigenvalue weighted by atomic mass is 35.5. The molecule has 7 heteroatoms. The zero-order chi connectivity index (χ0) is 14.7. The van der Waals surface area contributed by atoms with Gasteiger partial charge in [0.1, 0.15) is 5.76 Å². The Kier molecular flexibility index (Phi) is 6.26. The fourth-order valence-electron chi connectivity index (χ4n) is 3.13. The third-order valence-corrected chi connectivity index (χ3v) is 4.39. The number of methoxy groups -OCH3 is 1. The van der Waals surface area contributed by atoms with Gasteiger partial charge in [-0.15, -0.1) is 12.4 Å². The van der Waals surface area contributed by atoms with Crippen LogP contribution >= 0.6 is 12.4 Å². The van der Waals surface area contributed by atoms with Crippen molar-refractivity contribution in [2.24, 2.45) is 0 Å². The van der Waals surface area contributed by atoms with Crippen LogP contribution in [-0.2, 0) is 11.3 Å². The molecule has 1 aromatic heterocycles. The Morgan fingerprint density at radius 1 is 1.36 bits per heavy atom. The number of hydrogen-bond donors (Lipinski definition) is 1. The third kappa shape index (κ3) is 4.01. The monoisotopic (exact) mass is 329 g/mol. The minimum atomic E-state index is -0.417. The second-order valence-corrected chi connectivity index (χ2v) is 5.72. The molecule has 0 aliphatic carbocycles. The van der Waals surface area contributed by atoms with E-state index in [9.17, 15) is 4.79 Å². The van der Waals surface area contributed by atoms with Crippen molar-refractivity contribution in [2.45, 2.75) is 19.0 Å². The predicted octanol–water partition coefficient (Wildman–Crippen LogP) is 0.967. The highest BCUT2D eigenvalue weighted by molar-refractivity contribution is 5.86. The molecule has 1 aromatic rings. The number of rotatable bonds is 4. The smallest absolute Gasteiger partial charge is 0.373 e. The molecule has 2 aliphatic heterocycles. The number of halogens is 1. The number of ether oxygens (including phenoxy) is 1. The van der Waals surface area contributed by atoms with Gasteiger partial charge >= 0.3 is 5.97 Å². The summed E-state index contributed by atoms with van der Waals surface area (Å²) in [7, 11) is 1.36. The van der Waals surface area contributed by atoms with Crippen LogP contribution in [0.15, 0.2) is 16.5 Å². The van der Waals surface area contributed by atoms with Gasteiger partial charge in [-0.05, 0) is 25.1 Å². The van der Waals surface area contributed by atoms with E-state index in [4.69, 9.17) is 4.42 Å². The summed E-state index contributed by atoms with van der Waals surface area (Å²) in [5.41, 5.74) is 0. The number of carbonyl (C=O) groups is 1. The number of nitrogens with one attached hydrogen (secondary N) is 1. The fraction of sp³-hybridized carbons (Fsp3) is 0.667. The van der Waals surface area contributed by atoms with Crippen LogP contribution in [0, 0.1) is 0 Å². The van der Waals surface area contributed by atoms with E-state index in [1.807, 2.05) is 6.07 Å². The van der Waals surface area contributed by atoms with Crippen LogP contribution < -0.4 is 5.32 Å². The first-order chi connectivity index (χ1) is 10.3. The average Bonchev–Trinajstić information content (AvgIpc) is 3.18. The first-order valence-corrected chi connectivity index (χ1v) is 7.60. The van der Waals surface area contributed by atoms with Crippen LogP contribution in [-0.4, -0.2) is 68.2 Å². The van der Waals surface area contributed by atoms with Gasteiger partial charge in [0.15, 0.2) is 0 Å². The van der Waals surface area contributed by atoms with Crippen LogP contribution in [0.2, 0.25) is 0 Å². The number of nitrogens with zero attached hydrogens (tertiary/aromatic N) is 2. The molecule has 1 atom stereocenters. The van der Waals surface area contributed by atoms with E-state index in [0.29, 0.717) is 6.04 Å². The van der Waals surface area contributed by atoms with Gasteiger partial charge in [-0.1, -0.05) is 0 Å². The summed E-state index contributed by atoms with van der Waals surface area (Å²) >= 11 is 0. The molecule has 6 nitrogen and oxygen atoms in total. The molecule has 0 bridgehead atoms. The van der Waals surface area contributed by atoms with E-state index in [1.54, 1.807) is 6.07 Å². The van der Waals surface area contributed by atoms with Crippen molar-refractivity contribution in [3.63, 3.8) is 0 Å². The van der Waals surface area contributed by atoms with Crippen molar-refractivity contribution >= 4 is 18.4 Å². The van der Waals surface area contributed by atoms with E-state index in [-0.39, 0.29) is 18.2 Å². The Bertz CT molecular complexity index is 480. The molecular formula is C15H24ClN3O3. The Hall–Kier alpha value is -1.08. The molecule has 1 N–H and O–H groups in total. The van der Waals surface area contributed by atoms with Crippen LogP contribution in [0.1, 0.15) is 22.7 Å². The fourth-order valence-corrected chi connectivity index (χ4v) is 3.13. The first kappa shape index (κ1) is 17.3. The topological polar surface area (TPSA) is 58.0 Å². The van der Waals surface area contributed by atoms with Gasteiger partial charge in [0.2, 0.25) is 5.76 Å². The van der Waals surface area contributed by atoms with Crippen molar-refractivity contribution in [1.29, 1.82) is 0 Å². The van der Waals surface area contributed by atoms with Crippen molar-refractivity contribution in [3.05, 3.63) is 23.7 Å². The van der Waals surface area contributed by atoms with Crippen LogP contribution in [0.3, 0.4) is 0 Å². The van der Waals surface area contributed by atoms with Gasteiger partial charge < -0.3 is 14.5 Å². The van der Waals surface area contributed by atoms with Gasteiger partial charge in [0.05, 0.1) is 13.7 Å². The highest BCUT2D eigenvalue weighted by Gasteiger charge is 2.26. The number of hydrogen-bond acceptors (Lipinski definition) is 6. The second kappa shape index (κ2) is 7.97. The molecule has 124 valence electrons. The summed E-state index contributed by atoms with van der Waals surface area (Å²) in [5.74, 6) is 0.689. The van der Waals surface area contributed by atoms with Gasteiger partial charge in [0.25, 0.3) is 0 Å². The van der Waals surface area contributed by atoms with E-state index in [2.05, 4.69) is 19.9 Å². The average molecular weight is 330 g/mol. The van der Waals surface area contributed by atoms with Crippen LogP contribution in [0.4, 0.5) is 0 Å². The van der Waals surface area contributed by atoms with Crippen molar-refractivity contribution in [3.8, 4) is 0 Å². The third-order valence-electron chi connectivity index (χ3n) is 4.39. The maximum Gasteiger partial charge on any atom is 0.373 e. The van der Waals surface area contributed by atoms with E-state index < -0.39 is 5.97 Å². The Morgan fingerprint density at radius 3 is 2.77 bits per heavy atom. The second-order valence-electron chi connectivity index (χ2n) is 5.72. The predicted molar refractivity (Wildman–Crippen MR) is 85.4 cm³/mol. The largest absolute Gasteiger partial charge is 0.463 e. The molecule has 3 rings (SSSR count). The molecule has 0 saturated carbocycles. The summed E-state index contributed by atoms with van der Waals surface area (Å²) in [4.78, 5) is 16.3. The lowest BCUT2D eigenvalue weighted by Gasteiger charge is -2.37. The molecule has 2 aliphatic rings. The molecule has 0 aromatic carbocycles. The minimum absolute atomic E-state index is 0. The number of esters is 1. The van der Waals surface area contributed by atoms with E-state index >= 15 is 0 Å². The summed E-state index contributed by atoms with van der Waals surface area (Å²) in [5, 5.41) is 3.43. The normalized spacial score (nSPS) is 23.2. The van der Waals surface area contributed by atoms with Crippen LogP contribution in [0.5, 0.6) is 0 Å². The zero-order valence-corrected chi connectivity index (χ0v) is 13.7. The van der Waals surface area contributed by atoms with Crippen molar-refractivity contribution in [1.82, 2.24) is 15.1 Å². The highest BCUT2D eigenvalue weighted by Crippen LogP contribution is 2.15. The first-order valence-electron chi connectivity index (χ1n) is 7.60. The molecule has 0 spiro atoms. The molecule has 3 heterocycles. The quantitative estimate of drug-likeness (QED) is 0.831. The number of piperazine rings is 1. The minimum Gasteiger partial charge on any atom is -0.463 e. The summed E-state index contributed by atoms with van der Waals surface area (Å²) in [6.07, 6.45) is 1.26. The lowest BCUT2D eigenvalue weighted by molar-refractivity contribution is 0.0557. The number of furan rings is 1. The van der Waals surface area contributed by atoms with Crippen molar-refractivity contribution < 1.29 is 13.9 Å². The molecule has 22 heavy (non-hydrogen) atoms. The van der Waals surface area contributed by atoms with Gasteiger partial charge in [-0.2, -0.15) is 0 Å². The molecule has 0 radical (unpaired) electrons. The van der Waals surface area contributed by atoms with Crippen LogP contribution in [0.25, 0.3) is 0 Å². The molecule has 2 fully saturated rings. The maximum atomic E-state index is 11.4. The van der Waals surface area contributed by atoms with Gasteiger partial charge in [0, 0.05) is 38.8 Å². The van der Waals surface area contributed by atoms with E-state index in [0.717, 1.165) is 51.6 Å². The molecule has 0 amide bonds. The lowest BCUT2D eigenvalue weighted by atomic mass is 10.2. The summed E-state index contributed by atoms with van der Waals surface area (Å²) in [6.45, 7) is 7.34. The molecule has 1 unspecified atom stereocenters. The maximum absolute atomic E-state index is 11.4. The molecule has 2 saturated heterocycles. The standard InChI is InChI=1S/C15H23N3O3.ClH/c1-20-15(19)14-3-2-13(21-14)11-17-6-8-18(9-7-17)12-4-5-16-10-12;/h2-3,12,16H,4-11H2,1H3;1H. The molecular weight excluding hydrogens is 306 g/mol. The SMILES string of the molecule is COC(=O)c1ccc(CN2CCN(C3CCNC3)CC2)o1.Cl. The van der Waals surface area contributed by atoms with Crippen molar-refractivity contribution in [2.75, 3.05) is 46.4 Å². The van der Waals surface area contributed by atoms with E-state index in [1.165, 1.54) is 13.5 Å². The summed E-state index contributed by atoms with van der Waals surface area (Å²) in [6, 6.07) is 4.25. The lowest BCUT2D eigenvalue weighted by Crippen LogP contribution is -2.50. The zero-order valence-electron chi connectivity index (χ0n) is 12.9. The number of carbonyl (C=O) groups excluding carboxylic acids is 1. The van der Waals surface area contributed by atoms with Gasteiger partial charge in [-0.3, -0.25) is 9.80 Å². The Balaban J connectivity index is 0.00000176.